The molecular weight excluding hydrogens is 268 g/mol. The van der Waals surface area contributed by atoms with Crippen LogP contribution in [0.3, 0.4) is 0 Å². The zero-order chi connectivity index (χ0) is 13.8. The molecule has 0 bridgehead atoms. The van der Waals surface area contributed by atoms with Gasteiger partial charge in [0.25, 0.3) is 0 Å². The molecule has 3 aliphatic rings. The van der Waals surface area contributed by atoms with Crippen LogP contribution in [-0.2, 0) is 4.74 Å². The van der Waals surface area contributed by atoms with Gasteiger partial charge in [-0.2, -0.15) is 11.8 Å². The summed E-state index contributed by atoms with van der Waals surface area (Å²) in [6.45, 7) is 8.30. The maximum Gasteiger partial charge on any atom is 0.0795 e. The summed E-state index contributed by atoms with van der Waals surface area (Å²) in [7, 11) is 0. The Balaban J connectivity index is 1.40. The molecule has 3 saturated heterocycles. The predicted molar refractivity (Wildman–Crippen MR) is 86.5 cm³/mol. The number of nitrogens with one attached hydrogen (secondary N) is 1. The molecule has 3 nitrogen and oxygen atoms in total. The normalized spacial score (nSPS) is 36.8. The molecule has 0 aromatic heterocycles. The number of thioether (sulfide) groups is 1. The molecule has 2 atom stereocenters. The van der Waals surface area contributed by atoms with Gasteiger partial charge in [0.2, 0.25) is 0 Å². The molecule has 1 spiro atoms. The molecule has 0 aromatic rings. The Bertz CT molecular complexity index is 299. The van der Waals surface area contributed by atoms with E-state index in [1.807, 2.05) is 0 Å². The third-order valence-corrected chi connectivity index (χ3v) is 6.63. The van der Waals surface area contributed by atoms with Gasteiger partial charge >= 0.3 is 0 Å². The third kappa shape index (κ3) is 3.70. The monoisotopic (exact) mass is 298 g/mol. The van der Waals surface area contributed by atoms with Crippen LogP contribution < -0.4 is 5.32 Å². The molecule has 116 valence electrons. The highest BCUT2D eigenvalue weighted by Crippen LogP contribution is 2.38. The number of piperidine rings is 1. The minimum atomic E-state index is 0.228. The highest BCUT2D eigenvalue weighted by molar-refractivity contribution is 7.99. The lowest BCUT2D eigenvalue weighted by Gasteiger charge is -2.39. The van der Waals surface area contributed by atoms with Gasteiger partial charge < -0.3 is 15.0 Å². The van der Waals surface area contributed by atoms with E-state index in [0.717, 1.165) is 12.5 Å². The van der Waals surface area contributed by atoms with E-state index in [0.29, 0.717) is 6.04 Å². The Labute approximate surface area is 128 Å². The standard InChI is InChI=1S/C16H30N2OS/c1-2-18-7-3-14(4-8-18)12-17-15-5-9-19-16(11-15)6-10-20-13-16/h14-15,17H,2-13H2,1H3. The highest BCUT2D eigenvalue weighted by atomic mass is 32.2. The quantitative estimate of drug-likeness (QED) is 0.861. The average Bonchev–Trinajstić information content (AvgIpc) is 2.93. The van der Waals surface area contributed by atoms with Gasteiger partial charge in [-0.15, -0.1) is 0 Å². The molecule has 0 saturated carbocycles. The average molecular weight is 298 g/mol. The minimum Gasteiger partial charge on any atom is -0.374 e. The molecule has 0 aliphatic carbocycles. The third-order valence-electron chi connectivity index (χ3n) is 5.41. The lowest BCUT2D eigenvalue weighted by Crippen LogP contribution is -2.48. The van der Waals surface area contributed by atoms with Crippen LogP contribution >= 0.6 is 11.8 Å². The summed E-state index contributed by atoms with van der Waals surface area (Å²) in [4.78, 5) is 2.58. The van der Waals surface area contributed by atoms with Gasteiger partial charge in [-0.3, -0.25) is 0 Å². The van der Waals surface area contributed by atoms with E-state index in [1.54, 1.807) is 0 Å². The Morgan fingerprint density at radius 1 is 1.30 bits per heavy atom. The van der Waals surface area contributed by atoms with Crippen LogP contribution in [0, 0.1) is 5.92 Å². The van der Waals surface area contributed by atoms with Crippen LogP contribution in [0.5, 0.6) is 0 Å². The molecule has 3 heterocycles. The maximum atomic E-state index is 6.11. The van der Waals surface area contributed by atoms with Crippen molar-refractivity contribution in [3.05, 3.63) is 0 Å². The van der Waals surface area contributed by atoms with Crippen molar-refractivity contribution in [2.75, 3.05) is 44.3 Å². The molecule has 0 aromatic carbocycles. The molecule has 3 aliphatic heterocycles. The summed E-state index contributed by atoms with van der Waals surface area (Å²) in [5.41, 5.74) is 0.228. The van der Waals surface area contributed by atoms with E-state index >= 15 is 0 Å². The SMILES string of the molecule is CCN1CCC(CNC2CCOC3(CCSC3)C2)CC1. The topological polar surface area (TPSA) is 24.5 Å². The molecule has 1 N–H and O–H groups in total. The van der Waals surface area contributed by atoms with Crippen molar-refractivity contribution in [2.24, 2.45) is 5.92 Å². The Kier molecular flexibility index (Phi) is 5.29. The zero-order valence-electron chi connectivity index (χ0n) is 12.9. The van der Waals surface area contributed by atoms with Crippen molar-refractivity contribution >= 4 is 11.8 Å². The first-order chi connectivity index (χ1) is 9.80. The van der Waals surface area contributed by atoms with Gasteiger partial charge in [0, 0.05) is 18.4 Å². The van der Waals surface area contributed by atoms with Crippen molar-refractivity contribution in [3.8, 4) is 0 Å². The molecule has 0 amide bonds. The van der Waals surface area contributed by atoms with Crippen LogP contribution in [-0.4, -0.2) is 60.8 Å². The van der Waals surface area contributed by atoms with Crippen molar-refractivity contribution in [3.63, 3.8) is 0 Å². The van der Waals surface area contributed by atoms with Crippen molar-refractivity contribution in [1.82, 2.24) is 10.2 Å². The second-order valence-electron chi connectivity index (χ2n) is 6.81. The van der Waals surface area contributed by atoms with Gasteiger partial charge in [-0.1, -0.05) is 6.92 Å². The fraction of sp³-hybridized carbons (Fsp3) is 1.00. The van der Waals surface area contributed by atoms with Crippen molar-refractivity contribution < 1.29 is 4.74 Å². The number of ether oxygens (including phenoxy) is 1. The second-order valence-corrected chi connectivity index (χ2v) is 7.91. The van der Waals surface area contributed by atoms with Gasteiger partial charge in [-0.25, -0.2) is 0 Å². The maximum absolute atomic E-state index is 6.11. The van der Waals surface area contributed by atoms with E-state index in [4.69, 9.17) is 4.74 Å². The molecule has 3 rings (SSSR count). The number of rotatable bonds is 4. The Morgan fingerprint density at radius 3 is 2.85 bits per heavy atom. The number of hydrogen-bond acceptors (Lipinski definition) is 4. The van der Waals surface area contributed by atoms with Crippen LogP contribution in [0.2, 0.25) is 0 Å². The van der Waals surface area contributed by atoms with Gasteiger partial charge in [-0.05, 0) is 70.0 Å². The first-order valence-corrected chi connectivity index (χ1v) is 9.62. The predicted octanol–water partition coefficient (Wildman–Crippen LogP) is 2.36. The first-order valence-electron chi connectivity index (χ1n) is 8.47. The molecular formula is C16H30N2OS. The van der Waals surface area contributed by atoms with E-state index in [9.17, 15) is 0 Å². The van der Waals surface area contributed by atoms with Crippen LogP contribution in [0.15, 0.2) is 0 Å². The molecule has 0 radical (unpaired) electrons. The minimum absolute atomic E-state index is 0.228. The summed E-state index contributed by atoms with van der Waals surface area (Å²) < 4.78 is 6.11. The van der Waals surface area contributed by atoms with Gasteiger partial charge in [0.1, 0.15) is 0 Å². The van der Waals surface area contributed by atoms with E-state index in [2.05, 4.69) is 28.9 Å². The van der Waals surface area contributed by atoms with E-state index in [1.165, 1.54) is 69.8 Å². The van der Waals surface area contributed by atoms with Crippen LogP contribution in [0.1, 0.15) is 39.0 Å². The smallest absolute Gasteiger partial charge is 0.0795 e. The molecule has 2 unspecified atom stereocenters. The molecule has 20 heavy (non-hydrogen) atoms. The number of hydrogen-bond donors (Lipinski definition) is 1. The van der Waals surface area contributed by atoms with Gasteiger partial charge in [0.05, 0.1) is 5.60 Å². The Morgan fingerprint density at radius 2 is 2.15 bits per heavy atom. The molecule has 3 fully saturated rings. The fourth-order valence-electron chi connectivity index (χ4n) is 3.91. The number of likely N-dealkylation sites (tertiary alicyclic amines) is 1. The number of nitrogens with zero attached hydrogens (tertiary/aromatic N) is 1. The van der Waals surface area contributed by atoms with Crippen molar-refractivity contribution in [2.45, 2.75) is 50.7 Å². The summed E-state index contributed by atoms with van der Waals surface area (Å²) in [6.07, 6.45) is 6.48. The summed E-state index contributed by atoms with van der Waals surface area (Å²) in [6, 6.07) is 0.701. The van der Waals surface area contributed by atoms with Crippen LogP contribution in [0.4, 0.5) is 0 Å². The van der Waals surface area contributed by atoms with E-state index < -0.39 is 0 Å². The first kappa shape index (κ1) is 15.1. The fourth-order valence-corrected chi connectivity index (χ4v) is 5.28. The zero-order valence-corrected chi connectivity index (χ0v) is 13.7. The van der Waals surface area contributed by atoms with Crippen molar-refractivity contribution in [1.29, 1.82) is 0 Å². The summed E-state index contributed by atoms with van der Waals surface area (Å²) >= 11 is 2.07. The lowest BCUT2D eigenvalue weighted by atomic mass is 9.89. The highest BCUT2D eigenvalue weighted by Gasteiger charge is 2.40. The second kappa shape index (κ2) is 6.99. The largest absolute Gasteiger partial charge is 0.374 e. The summed E-state index contributed by atoms with van der Waals surface area (Å²) in [5, 5.41) is 3.87. The lowest BCUT2D eigenvalue weighted by molar-refractivity contribution is -0.0705. The molecule has 4 heteroatoms. The van der Waals surface area contributed by atoms with Crippen LogP contribution in [0.25, 0.3) is 0 Å². The van der Waals surface area contributed by atoms with E-state index in [-0.39, 0.29) is 5.60 Å². The Hall–Kier alpha value is 0.230. The summed E-state index contributed by atoms with van der Waals surface area (Å²) in [5.74, 6) is 3.41. The van der Waals surface area contributed by atoms with Gasteiger partial charge in [0.15, 0.2) is 0 Å².